The monoisotopic (exact) mass is 333 g/mol. The van der Waals surface area contributed by atoms with Gasteiger partial charge >= 0.3 is 5.97 Å². The standard InChI is InChI=1S/C19H27NO4/c1-4-20(5-2)18(23)19(14-10-8-7-9-11-14)13-15(19)16(21)12-17(22)24-6-3/h7-11,15-16,21H,4-6,12-13H2,1-3H3/t15-,16+,19-/m0/s1. The molecule has 0 bridgehead atoms. The Labute approximate surface area is 143 Å². The number of amides is 1. The van der Waals surface area contributed by atoms with Crippen molar-refractivity contribution >= 4 is 11.9 Å². The zero-order valence-corrected chi connectivity index (χ0v) is 14.7. The third-order valence-electron chi connectivity index (χ3n) is 4.88. The van der Waals surface area contributed by atoms with Crippen LogP contribution < -0.4 is 0 Å². The lowest BCUT2D eigenvalue weighted by Gasteiger charge is -2.27. The molecule has 0 saturated heterocycles. The van der Waals surface area contributed by atoms with Crippen molar-refractivity contribution in [3.63, 3.8) is 0 Å². The molecule has 0 heterocycles. The van der Waals surface area contributed by atoms with Gasteiger partial charge in [-0.25, -0.2) is 0 Å². The van der Waals surface area contributed by atoms with Crippen LogP contribution in [0.15, 0.2) is 30.3 Å². The van der Waals surface area contributed by atoms with E-state index in [-0.39, 0.29) is 18.2 Å². The third kappa shape index (κ3) is 3.46. The van der Waals surface area contributed by atoms with Crippen LogP contribution in [-0.4, -0.2) is 47.7 Å². The van der Waals surface area contributed by atoms with Crippen molar-refractivity contribution in [2.75, 3.05) is 19.7 Å². The van der Waals surface area contributed by atoms with Gasteiger partial charge in [0.25, 0.3) is 0 Å². The minimum Gasteiger partial charge on any atom is -0.466 e. The summed E-state index contributed by atoms with van der Waals surface area (Å²) in [5.41, 5.74) is 0.189. The van der Waals surface area contributed by atoms with Gasteiger partial charge in [0.1, 0.15) is 0 Å². The Morgan fingerprint density at radius 2 is 1.88 bits per heavy atom. The SMILES string of the molecule is CCOC(=O)C[C@@H](O)[C@@H]1C[C@]1(C(=O)N(CC)CC)c1ccccc1. The highest BCUT2D eigenvalue weighted by Crippen LogP contribution is 2.57. The zero-order valence-electron chi connectivity index (χ0n) is 14.7. The molecular weight excluding hydrogens is 306 g/mol. The van der Waals surface area contributed by atoms with Gasteiger partial charge in [-0.05, 0) is 32.8 Å². The third-order valence-corrected chi connectivity index (χ3v) is 4.88. The lowest BCUT2D eigenvalue weighted by molar-refractivity contribution is -0.146. The number of benzene rings is 1. The smallest absolute Gasteiger partial charge is 0.308 e. The summed E-state index contributed by atoms with van der Waals surface area (Å²) in [4.78, 5) is 26.6. The Morgan fingerprint density at radius 3 is 2.42 bits per heavy atom. The van der Waals surface area contributed by atoms with Crippen LogP contribution in [0.2, 0.25) is 0 Å². The van der Waals surface area contributed by atoms with Crippen molar-refractivity contribution in [1.82, 2.24) is 4.90 Å². The lowest BCUT2D eigenvalue weighted by Crippen LogP contribution is -2.41. The van der Waals surface area contributed by atoms with Crippen LogP contribution in [0.4, 0.5) is 0 Å². The number of aliphatic hydroxyl groups excluding tert-OH is 1. The molecule has 1 saturated carbocycles. The summed E-state index contributed by atoms with van der Waals surface area (Å²) in [6, 6.07) is 9.57. The molecule has 0 unspecified atom stereocenters. The lowest BCUT2D eigenvalue weighted by atomic mass is 9.89. The number of hydrogen-bond acceptors (Lipinski definition) is 4. The number of aliphatic hydroxyl groups is 1. The van der Waals surface area contributed by atoms with Crippen molar-refractivity contribution in [2.24, 2.45) is 5.92 Å². The average Bonchev–Trinajstić information content (AvgIpc) is 3.34. The average molecular weight is 333 g/mol. The van der Waals surface area contributed by atoms with Crippen LogP contribution in [0.1, 0.15) is 39.2 Å². The highest BCUT2D eigenvalue weighted by molar-refractivity contribution is 5.92. The number of rotatable bonds is 8. The van der Waals surface area contributed by atoms with E-state index >= 15 is 0 Å². The van der Waals surface area contributed by atoms with Crippen LogP contribution >= 0.6 is 0 Å². The highest BCUT2D eigenvalue weighted by Gasteiger charge is 2.64. The zero-order chi connectivity index (χ0) is 17.7. The normalized spacial score (nSPS) is 23.4. The molecule has 1 fully saturated rings. The van der Waals surface area contributed by atoms with Gasteiger partial charge in [-0.1, -0.05) is 30.3 Å². The van der Waals surface area contributed by atoms with Crippen molar-refractivity contribution in [3.8, 4) is 0 Å². The number of carbonyl (C=O) groups is 2. The molecule has 3 atom stereocenters. The van der Waals surface area contributed by atoms with E-state index in [0.717, 1.165) is 5.56 Å². The van der Waals surface area contributed by atoms with Crippen LogP contribution in [0.3, 0.4) is 0 Å². The van der Waals surface area contributed by atoms with Gasteiger partial charge in [0.05, 0.1) is 24.5 Å². The minimum atomic E-state index is -0.872. The summed E-state index contributed by atoms with van der Waals surface area (Å²) in [6.07, 6.45) is -0.380. The van der Waals surface area contributed by atoms with Gasteiger partial charge in [-0.15, -0.1) is 0 Å². The summed E-state index contributed by atoms with van der Waals surface area (Å²) in [5, 5.41) is 10.5. The predicted molar refractivity (Wildman–Crippen MR) is 91.4 cm³/mol. The van der Waals surface area contributed by atoms with Crippen molar-refractivity contribution < 1.29 is 19.4 Å². The largest absolute Gasteiger partial charge is 0.466 e. The first-order chi connectivity index (χ1) is 11.5. The number of esters is 1. The fourth-order valence-corrected chi connectivity index (χ4v) is 3.52. The number of nitrogens with zero attached hydrogens (tertiary/aromatic N) is 1. The number of likely N-dealkylation sites (N-methyl/N-ethyl adjacent to an activating group) is 1. The maximum atomic E-state index is 13.1. The fraction of sp³-hybridized carbons (Fsp3) is 0.579. The molecule has 0 aliphatic heterocycles. The Hall–Kier alpha value is -1.88. The molecule has 0 spiro atoms. The minimum absolute atomic E-state index is 0.0339. The molecule has 24 heavy (non-hydrogen) atoms. The van der Waals surface area contributed by atoms with Crippen LogP contribution in [0, 0.1) is 5.92 Å². The molecule has 1 aliphatic carbocycles. The Bertz CT molecular complexity index is 570. The predicted octanol–water partition coefficient (Wildman–Crippen LogP) is 2.13. The second kappa shape index (κ2) is 7.79. The molecule has 5 heteroatoms. The van der Waals surface area contributed by atoms with Crippen LogP contribution in [-0.2, 0) is 19.7 Å². The Balaban J connectivity index is 2.25. The van der Waals surface area contributed by atoms with Crippen LogP contribution in [0.25, 0.3) is 0 Å². The number of hydrogen-bond donors (Lipinski definition) is 1. The molecule has 1 amide bonds. The van der Waals surface area contributed by atoms with E-state index in [1.807, 2.05) is 44.2 Å². The van der Waals surface area contributed by atoms with E-state index in [1.165, 1.54) is 0 Å². The van der Waals surface area contributed by atoms with E-state index in [0.29, 0.717) is 26.1 Å². The van der Waals surface area contributed by atoms with E-state index in [1.54, 1.807) is 11.8 Å². The Kier molecular flexibility index (Phi) is 5.99. The van der Waals surface area contributed by atoms with E-state index in [2.05, 4.69) is 0 Å². The van der Waals surface area contributed by atoms with Gasteiger partial charge < -0.3 is 14.7 Å². The Morgan fingerprint density at radius 1 is 1.25 bits per heavy atom. The topological polar surface area (TPSA) is 66.8 Å². The quantitative estimate of drug-likeness (QED) is 0.740. The summed E-state index contributed by atoms with van der Waals surface area (Å²) < 4.78 is 4.92. The summed E-state index contributed by atoms with van der Waals surface area (Å²) in [5.74, 6) is -0.641. The summed E-state index contributed by atoms with van der Waals surface area (Å²) in [6.45, 7) is 7.19. The van der Waals surface area contributed by atoms with Gasteiger partial charge in [0, 0.05) is 19.0 Å². The summed E-state index contributed by atoms with van der Waals surface area (Å²) >= 11 is 0. The maximum absolute atomic E-state index is 13.1. The van der Waals surface area contributed by atoms with E-state index in [9.17, 15) is 14.7 Å². The van der Waals surface area contributed by atoms with Gasteiger partial charge in [0.2, 0.25) is 5.91 Å². The van der Waals surface area contributed by atoms with Gasteiger partial charge in [0.15, 0.2) is 0 Å². The number of carbonyl (C=O) groups excluding carboxylic acids is 2. The molecule has 1 aromatic carbocycles. The fourth-order valence-electron chi connectivity index (χ4n) is 3.52. The van der Waals surface area contributed by atoms with E-state index in [4.69, 9.17) is 4.74 Å². The van der Waals surface area contributed by atoms with Gasteiger partial charge in [-0.2, -0.15) is 0 Å². The van der Waals surface area contributed by atoms with Crippen molar-refractivity contribution in [3.05, 3.63) is 35.9 Å². The first-order valence-electron chi connectivity index (χ1n) is 8.69. The molecule has 5 nitrogen and oxygen atoms in total. The van der Waals surface area contributed by atoms with Crippen LogP contribution in [0.5, 0.6) is 0 Å². The molecule has 1 N–H and O–H groups in total. The molecule has 0 radical (unpaired) electrons. The second-order valence-electron chi connectivity index (χ2n) is 6.20. The first kappa shape index (κ1) is 18.5. The molecule has 2 rings (SSSR count). The van der Waals surface area contributed by atoms with Gasteiger partial charge in [-0.3, -0.25) is 9.59 Å². The first-order valence-corrected chi connectivity index (χ1v) is 8.69. The second-order valence-corrected chi connectivity index (χ2v) is 6.20. The van der Waals surface area contributed by atoms with E-state index < -0.39 is 17.5 Å². The molecule has 1 aromatic rings. The highest BCUT2D eigenvalue weighted by atomic mass is 16.5. The molecular formula is C19H27NO4. The van der Waals surface area contributed by atoms with Crippen molar-refractivity contribution in [1.29, 1.82) is 0 Å². The van der Waals surface area contributed by atoms with Crippen molar-refractivity contribution in [2.45, 2.75) is 45.1 Å². The maximum Gasteiger partial charge on any atom is 0.308 e. The molecule has 1 aliphatic rings. The number of ether oxygens (including phenoxy) is 1. The molecule has 132 valence electrons. The summed E-state index contributed by atoms with van der Waals surface area (Å²) in [7, 11) is 0. The molecule has 0 aromatic heterocycles.